The molecule has 0 bridgehead atoms. The highest BCUT2D eigenvalue weighted by Gasteiger charge is 1.99. The van der Waals surface area contributed by atoms with E-state index in [1.54, 1.807) is 18.3 Å². The minimum atomic E-state index is 0.663. The molecule has 3 heteroatoms. The smallest absolute Gasteiger partial charge is 0.0912 e. The van der Waals surface area contributed by atoms with Gasteiger partial charge >= 0.3 is 0 Å². The molecule has 2 rings (SSSR count). The molecule has 0 fully saturated rings. The zero-order chi connectivity index (χ0) is 10.7. The molecule has 2 aromatic rings. The highest BCUT2D eigenvalue weighted by atomic mass is 35.5. The van der Waals surface area contributed by atoms with Crippen LogP contribution >= 0.6 is 11.6 Å². The normalized spacial score (nSPS) is 10.7. The Hall–Kier alpha value is -1.85. The minimum absolute atomic E-state index is 0.663. The third-order valence-corrected chi connectivity index (χ3v) is 2.31. The second kappa shape index (κ2) is 4.12. The Labute approximate surface area is 92.4 Å². The maximum Gasteiger partial charge on any atom is 0.0912 e. The van der Waals surface area contributed by atoms with Crippen LogP contribution in [0.3, 0.4) is 0 Å². The Morgan fingerprint density at radius 3 is 3.00 bits per heavy atom. The lowest BCUT2D eigenvalue weighted by molar-refractivity contribution is 1.41. The topological polar surface area (TPSA) is 36.7 Å². The first-order valence-corrected chi connectivity index (χ1v) is 4.79. The molecule has 0 unspecified atom stereocenters. The van der Waals surface area contributed by atoms with Crippen molar-refractivity contribution in [2.24, 2.45) is 0 Å². The molecule has 1 heterocycles. The van der Waals surface area contributed by atoms with Crippen molar-refractivity contribution in [3.05, 3.63) is 47.1 Å². The van der Waals surface area contributed by atoms with E-state index in [4.69, 9.17) is 16.9 Å². The van der Waals surface area contributed by atoms with Crippen molar-refractivity contribution < 1.29 is 0 Å². The van der Waals surface area contributed by atoms with Gasteiger partial charge in [0.15, 0.2) is 0 Å². The molecule has 1 aromatic heterocycles. The van der Waals surface area contributed by atoms with Gasteiger partial charge in [0, 0.05) is 22.7 Å². The molecule has 0 radical (unpaired) electrons. The van der Waals surface area contributed by atoms with Crippen LogP contribution in [0.5, 0.6) is 0 Å². The fourth-order valence-electron chi connectivity index (χ4n) is 1.42. The number of benzene rings is 1. The van der Waals surface area contributed by atoms with Gasteiger partial charge in [0.05, 0.1) is 11.6 Å². The summed E-state index contributed by atoms with van der Waals surface area (Å²) in [6.45, 7) is 0. The molecule has 0 N–H and O–H groups in total. The molecule has 0 spiro atoms. The maximum absolute atomic E-state index is 8.47. The highest BCUT2D eigenvalue weighted by molar-refractivity contribution is 6.31. The van der Waals surface area contributed by atoms with Gasteiger partial charge in [-0.1, -0.05) is 17.7 Å². The van der Waals surface area contributed by atoms with E-state index in [2.05, 4.69) is 4.98 Å². The molecule has 0 amide bonds. The largest absolute Gasteiger partial charge is 0.256 e. The van der Waals surface area contributed by atoms with Crippen LogP contribution in [0.15, 0.2) is 36.5 Å². The number of hydrogen-bond acceptors (Lipinski definition) is 2. The van der Waals surface area contributed by atoms with Gasteiger partial charge in [0.1, 0.15) is 0 Å². The monoisotopic (exact) mass is 214 g/mol. The number of nitriles is 1. The van der Waals surface area contributed by atoms with Crippen LogP contribution in [0.2, 0.25) is 5.02 Å². The van der Waals surface area contributed by atoms with Gasteiger partial charge in [0.25, 0.3) is 0 Å². The average Bonchev–Trinajstić information content (AvgIpc) is 2.25. The Morgan fingerprint density at radius 2 is 2.20 bits per heavy atom. The summed E-state index contributed by atoms with van der Waals surface area (Å²) in [7, 11) is 0. The van der Waals surface area contributed by atoms with Crippen molar-refractivity contribution in [3.63, 3.8) is 0 Å². The fraction of sp³-hybridized carbons (Fsp3) is 0. The first-order chi connectivity index (χ1) is 7.31. The Kier molecular flexibility index (Phi) is 2.66. The van der Waals surface area contributed by atoms with Gasteiger partial charge in [-0.3, -0.25) is 4.98 Å². The zero-order valence-electron chi connectivity index (χ0n) is 7.81. The predicted molar refractivity (Wildman–Crippen MR) is 61.4 cm³/mol. The van der Waals surface area contributed by atoms with Crippen molar-refractivity contribution in [1.29, 1.82) is 5.26 Å². The van der Waals surface area contributed by atoms with Gasteiger partial charge in [0.2, 0.25) is 0 Å². The van der Waals surface area contributed by atoms with Gasteiger partial charge in [-0.25, -0.2) is 0 Å². The van der Waals surface area contributed by atoms with E-state index >= 15 is 0 Å². The third kappa shape index (κ3) is 1.98. The van der Waals surface area contributed by atoms with E-state index in [1.807, 2.05) is 24.3 Å². The van der Waals surface area contributed by atoms with Crippen molar-refractivity contribution >= 4 is 28.6 Å². The molecule has 0 aliphatic carbocycles. The second-order valence-corrected chi connectivity index (χ2v) is 3.46. The van der Waals surface area contributed by atoms with Crippen LogP contribution in [0.25, 0.3) is 17.0 Å². The zero-order valence-corrected chi connectivity index (χ0v) is 8.57. The summed E-state index contributed by atoms with van der Waals surface area (Å²) < 4.78 is 0. The third-order valence-electron chi connectivity index (χ3n) is 2.08. The number of nitrogens with zero attached hydrogens (tertiary/aromatic N) is 2. The first-order valence-electron chi connectivity index (χ1n) is 4.42. The summed E-state index contributed by atoms with van der Waals surface area (Å²) in [5, 5.41) is 10.1. The van der Waals surface area contributed by atoms with E-state index < -0.39 is 0 Å². The van der Waals surface area contributed by atoms with E-state index in [-0.39, 0.29) is 0 Å². The lowest BCUT2D eigenvalue weighted by atomic mass is 10.1. The molecule has 0 saturated heterocycles. The van der Waals surface area contributed by atoms with Gasteiger partial charge in [-0.05, 0) is 29.8 Å². The molecule has 72 valence electrons. The molecule has 0 aliphatic rings. The van der Waals surface area contributed by atoms with Crippen molar-refractivity contribution in [3.8, 4) is 6.07 Å². The van der Waals surface area contributed by atoms with Gasteiger partial charge in [-0.15, -0.1) is 0 Å². The van der Waals surface area contributed by atoms with Gasteiger partial charge < -0.3 is 0 Å². The van der Waals surface area contributed by atoms with Gasteiger partial charge in [-0.2, -0.15) is 5.26 Å². The second-order valence-electron chi connectivity index (χ2n) is 3.02. The SMILES string of the molecule is N#CC=Cc1ccnc2cc(Cl)ccc12. The molecule has 2 nitrogen and oxygen atoms in total. The average molecular weight is 215 g/mol. The fourth-order valence-corrected chi connectivity index (χ4v) is 1.58. The van der Waals surface area contributed by atoms with E-state index in [1.165, 1.54) is 6.08 Å². The number of rotatable bonds is 1. The number of halogens is 1. The maximum atomic E-state index is 8.47. The summed E-state index contributed by atoms with van der Waals surface area (Å²) in [6.07, 6.45) is 4.91. The number of hydrogen-bond donors (Lipinski definition) is 0. The standard InChI is InChI=1S/C12H7ClN2/c13-10-3-4-11-9(2-1-6-14)5-7-15-12(11)8-10/h1-5,7-8H. The molecule has 0 atom stereocenters. The summed E-state index contributed by atoms with van der Waals surface area (Å²) in [6, 6.07) is 9.36. The van der Waals surface area contributed by atoms with Crippen LogP contribution < -0.4 is 0 Å². The minimum Gasteiger partial charge on any atom is -0.256 e. The quantitative estimate of drug-likeness (QED) is 0.682. The Balaban J connectivity index is 2.67. The van der Waals surface area contributed by atoms with E-state index in [9.17, 15) is 0 Å². The lowest BCUT2D eigenvalue weighted by Gasteiger charge is -2.00. The highest BCUT2D eigenvalue weighted by Crippen LogP contribution is 2.21. The molecular weight excluding hydrogens is 208 g/mol. The number of allylic oxidation sites excluding steroid dienone is 1. The van der Waals surface area contributed by atoms with Crippen LogP contribution in [0.1, 0.15) is 5.56 Å². The summed E-state index contributed by atoms with van der Waals surface area (Å²) in [4.78, 5) is 4.21. The van der Waals surface area contributed by atoms with Crippen molar-refractivity contribution in [2.75, 3.05) is 0 Å². The molecule has 1 aromatic carbocycles. The lowest BCUT2D eigenvalue weighted by Crippen LogP contribution is -1.81. The van der Waals surface area contributed by atoms with E-state index in [0.29, 0.717) is 5.02 Å². The molecule has 15 heavy (non-hydrogen) atoms. The summed E-state index contributed by atoms with van der Waals surface area (Å²) in [5.74, 6) is 0. The van der Waals surface area contributed by atoms with Crippen molar-refractivity contribution in [1.82, 2.24) is 4.98 Å². The van der Waals surface area contributed by atoms with Crippen LogP contribution in [0.4, 0.5) is 0 Å². The number of aromatic nitrogens is 1. The van der Waals surface area contributed by atoms with Crippen LogP contribution in [-0.4, -0.2) is 4.98 Å². The Morgan fingerprint density at radius 1 is 1.33 bits per heavy atom. The predicted octanol–water partition coefficient (Wildman–Crippen LogP) is 3.42. The number of fused-ring (bicyclic) bond motifs is 1. The molecule has 0 saturated carbocycles. The van der Waals surface area contributed by atoms with Crippen molar-refractivity contribution in [2.45, 2.75) is 0 Å². The Bertz CT molecular complexity index is 567. The first kappa shape index (κ1) is 9.70. The number of pyridine rings is 1. The van der Waals surface area contributed by atoms with E-state index in [0.717, 1.165) is 16.5 Å². The van der Waals surface area contributed by atoms with Crippen LogP contribution in [0, 0.1) is 11.3 Å². The summed E-state index contributed by atoms with van der Waals surface area (Å²) in [5.41, 5.74) is 1.81. The van der Waals surface area contributed by atoms with Crippen LogP contribution in [-0.2, 0) is 0 Å². The molecular formula is C12H7ClN2. The molecule has 0 aliphatic heterocycles. The summed E-state index contributed by atoms with van der Waals surface area (Å²) >= 11 is 5.87.